The summed E-state index contributed by atoms with van der Waals surface area (Å²) < 4.78 is 10.9. The highest BCUT2D eigenvalue weighted by atomic mass is 32.1. The maximum Gasteiger partial charge on any atom is 0.171 e. The normalized spacial score (nSPS) is 10.2. The molecule has 2 rings (SSSR count). The summed E-state index contributed by atoms with van der Waals surface area (Å²) in [5.74, 6) is 1.48. The first-order chi connectivity index (χ1) is 11.5. The Kier molecular flexibility index (Phi) is 6.44. The standard InChI is InChI=1S/C19H24N2O2S/c1-5-23-18-11-15(7-9-17(18)22-4)12-20-19(24)21-16-8-6-13(2)14(3)10-16/h6-11H,5,12H2,1-4H3,(H2,20,21,24). The van der Waals surface area contributed by atoms with Crippen molar-refractivity contribution in [2.24, 2.45) is 0 Å². The molecule has 0 heterocycles. The molecule has 2 aromatic rings. The monoisotopic (exact) mass is 344 g/mol. The van der Waals surface area contributed by atoms with E-state index in [2.05, 4.69) is 36.6 Å². The smallest absolute Gasteiger partial charge is 0.171 e. The lowest BCUT2D eigenvalue weighted by molar-refractivity contribution is 0.310. The van der Waals surface area contributed by atoms with Crippen molar-refractivity contribution in [3.8, 4) is 11.5 Å². The number of methoxy groups -OCH3 is 1. The van der Waals surface area contributed by atoms with Gasteiger partial charge in [-0.2, -0.15) is 0 Å². The average molecular weight is 344 g/mol. The number of benzene rings is 2. The van der Waals surface area contributed by atoms with Crippen LogP contribution in [0.2, 0.25) is 0 Å². The predicted molar refractivity (Wildman–Crippen MR) is 103 cm³/mol. The van der Waals surface area contributed by atoms with Gasteiger partial charge in [0.25, 0.3) is 0 Å². The minimum atomic E-state index is 0.590. The number of anilines is 1. The van der Waals surface area contributed by atoms with Crippen LogP contribution < -0.4 is 20.1 Å². The van der Waals surface area contributed by atoms with Gasteiger partial charge in [0.1, 0.15) is 0 Å². The summed E-state index contributed by atoms with van der Waals surface area (Å²) in [5.41, 5.74) is 4.56. The van der Waals surface area contributed by atoms with Crippen molar-refractivity contribution < 1.29 is 9.47 Å². The van der Waals surface area contributed by atoms with E-state index in [1.165, 1.54) is 11.1 Å². The third kappa shape index (κ3) is 4.86. The molecule has 0 unspecified atom stereocenters. The first-order valence-corrected chi connectivity index (χ1v) is 8.36. The lowest BCUT2D eigenvalue weighted by atomic mass is 10.1. The van der Waals surface area contributed by atoms with Gasteiger partial charge in [0, 0.05) is 12.2 Å². The Morgan fingerprint density at radius 1 is 1.04 bits per heavy atom. The second-order valence-electron chi connectivity index (χ2n) is 5.52. The largest absolute Gasteiger partial charge is 0.493 e. The quantitative estimate of drug-likeness (QED) is 0.769. The Balaban J connectivity index is 1.95. The molecule has 0 amide bonds. The molecule has 0 saturated carbocycles. The Hall–Kier alpha value is -2.27. The van der Waals surface area contributed by atoms with Crippen LogP contribution in [0.25, 0.3) is 0 Å². The van der Waals surface area contributed by atoms with Crippen molar-refractivity contribution in [3.05, 3.63) is 53.1 Å². The molecule has 0 radical (unpaired) electrons. The first-order valence-electron chi connectivity index (χ1n) is 7.95. The van der Waals surface area contributed by atoms with Crippen molar-refractivity contribution >= 4 is 23.0 Å². The number of rotatable bonds is 6. The number of hydrogen-bond acceptors (Lipinski definition) is 3. The fourth-order valence-corrected chi connectivity index (χ4v) is 2.47. The molecule has 0 aliphatic heterocycles. The van der Waals surface area contributed by atoms with E-state index >= 15 is 0 Å². The van der Waals surface area contributed by atoms with Crippen LogP contribution in [0.5, 0.6) is 11.5 Å². The number of thiocarbonyl (C=S) groups is 1. The van der Waals surface area contributed by atoms with Crippen LogP contribution in [0.15, 0.2) is 36.4 Å². The molecule has 5 heteroatoms. The van der Waals surface area contributed by atoms with Gasteiger partial charge >= 0.3 is 0 Å². The average Bonchev–Trinajstić information content (AvgIpc) is 2.57. The minimum absolute atomic E-state index is 0.590. The van der Waals surface area contributed by atoms with Gasteiger partial charge in [-0.05, 0) is 73.9 Å². The number of ether oxygens (including phenoxy) is 2. The van der Waals surface area contributed by atoms with Crippen LogP contribution in [0.4, 0.5) is 5.69 Å². The Bertz CT molecular complexity index is 717. The van der Waals surface area contributed by atoms with E-state index in [0.29, 0.717) is 18.3 Å². The molecule has 128 valence electrons. The van der Waals surface area contributed by atoms with Gasteiger partial charge in [0.15, 0.2) is 16.6 Å². The van der Waals surface area contributed by atoms with E-state index < -0.39 is 0 Å². The molecule has 0 atom stereocenters. The van der Waals surface area contributed by atoms with Crippen molar-refractivity contribution in [1.82, 2.24) is 5.32 Å². The van der Waals surface area contributed by atoms with E-state index in [1.807, 2.05) is 31.2 Å². The van der Waals surface area contributed by atoms with Crippen molar-refractivity contribution in [2.45, 2.75) is 27.3 Å². The van der Waals surface area contributed by atoms with Crippen LogP contribution in [0, 0.1) is 13.8 Å². The number of aryl methyl sites for hydroxylation is 2. The highest BCUT2D eigenvalue weighted by molar-refractivity contribution is 7.80. The van der Waals surface area contributed by atoms with Crippen LogP contribution in [-0.2, 0) is 6.54 Å². The summed E-state index contributed by atoms with van der Waals surface area (Å²) in [4.78, 5) is 0. The zero-order valence-electron chi connectivity index (χ0n) is 14.6. The highest BCUT2D eigenvalue weighted by Crippen LogP contribution is 2.28. The zero-order chi connectivity index (χ0) is 17.5. The zero-order valence-corrected chi connectivity index (χ0v) is 15.4. The fraction of sp³-hybridized carbons (Fsp3) is 0.316. The van der Waals surface area contributed by atoms with Gasteiger partial charge < -0.3 is 20.1 Å². The summed E-state index contributed by atoms with van der Waals surface area (Å²) in [6, 6.07) is 12.1. The molecule has 0 spiro atoms. The molecule has 0 aliphatic carbocycles. The van der Waals surface area contributed by atoms with Crippen molar-refractivity contribution in [3.63, 3.8) is 0 Å². The summed E-state index contributed by atoms with van der Waals surface area (Å²) in [6.07, 6.45) is 0. The van der Waals surface area contributed by atoms with Crippen LogP contribution in [-0.4, -0.2) is 18.8 Å². The van der Waals surface area contributed by atoms with Gasteiger partial charge in [-0.3, -0.25) is 0 Å². The van der Waals surface area contributed by atoms with Gasteiger partial charge in [0.05, 0.1) is 13.7 Å². The van der Waals surface area contributed by atoms with Gasteiger partial charge in [-0.25, -0.2) is 0 Å². The van der Waals surface area contributed by atoms with E-state index in [4.69, 9.17) is 21.7 Å². The highest BCUT2D eigenvalue weighted by Gasteiger charge is 2.06. The summed E-state index contributed by atoms with van der Waals surface area (Å²) >= 11 is 5.37. The maximum atomic E-state index is 5.59. The summed E-state index contributed by atoms with van der Waals surface area (Å²) in [7, 11) is 1.64. The molecule has 2 aromatic carbocycles. The maximum absolute atomic E-state index is 5.59. The Morgan fingerprint density at radius 3 is 2.50 bits per heavy atom. The first kappa shape index (κ1) is 18.1. The second kappa shape index (κ2) is 8.55. The van der Waals surface area contributed by atoms with Crippen molar-refractivity contribution in [2.75, 3.05) is 19.0 Å². The fourth-order valence-electron chi connectivity index (χ4n) is 2.28. The van der Waals surface area contributed by atoms with Gasteiger partial charge in [-0.1, -0.05) is 12.1 Å². The van der Waals surface area contributed by atoms with E-state index in [1.54, 1.807) is 7.11 Å². The minimum Gasteiger partial charge on any atom is -0.493 e. The van der Waals surface area contributed by atoms with Crippen LogP contribution in [0.1, 0.15) is 23.6 Å². The number of nitrogens with one attached hydrogen (secondary N) is 2. The molecular weight excluding hydrogens is 320 g/mol. The second-order valence-corrected chi connectivity index (χ2v) is 5.93. The van der Waals surface area contributed by atoms with E-state index in [9.17, 15) is 0 Å². The SMILES string of the molecule is CCOc1cc(CNC(=S)Nc2ccc(C)c(C)c2)ccc1OC. The molecule has 0 aliphatic rings. The molecule has 0 aromatic heterocycles. The molecule has 0 saturated heterocycles. The van der Waals surface area contributed by atoms with E-state index in [-0.39, 0.29) is 0 Å². The molecular formula is C19H24N2O2S. The van der Waals surface area contributed by atoms with Crippen LogP contribution >= 0.6 is 12.2 Å². The Labute approximate surface area is 149 Å². The molecule has 0 bridgehead atoms. The predicted octanol–water partition coefficient (Wildman–Crippen LogP) is 4.20. The lowest BCUT2D eigenvalue weighted by Crippen LogP contribution is -2.27. The van der Waals surface area contributed by atoms with Crippen molar-refractivity contribution in [1.29, 1.82) is 0 Å². The molecule has 0 fully saturated rings. The molecule has 2 N–H and O–H groups in total. The summed E-state index contributed by atoms with van der Waals surface area (Å²) in [5, 5.41) is 7.01. The molecule has 24 heavy (non-hydrogen) atoms. The van der Waals surface area contributed by atoms with Gasteiger partial charge in [-0.15, -0.1) is 0 Å². The van der Waals surface area contributed by atoms with Crippen LogP contribution in [0.3, 0.4) is 0 Å². The Morgan fingerprint density at radius 2 is 1.83 bits per heavy atom. The topological polar surface area (TPSA) is 42.5 Å². The number of hydrogen-bond donors (Lipinski definition) is 2. The third-order valence-electron chi connectivity index (χ3n) is 3.75. The van der Waals surface area contributed by atoms with E-state index in [0.717, 1.165) is 22.7 Å². The third-order valence-corrected chi connectivity index (χ3v) is 3.99. The summed E-state index contributed by atoms with van der Waals surface area (Å²) in [6.45, 7) is 7.34. The molecule has 4 nitrogen and oxygen atoms in total. The van der Waals surface area contributed by atoms with Gasteiger partial charge in [0.2, 0.25) is 0 Å². The lowest BCUT2D eigenvalue weighted by Gasteiger charge is -2.14.